The number of aryl methyl sites for hydroxylation is 1. The third kappa shape index (κ3) is 4.34. The molecule has 0 radical (unpaired) electrons. The van der Waals surface area contributed by atoms with E-state index in [1.807, 2.05) is 4.72 Å². The van der Waals surface area contributed by atoms with Gasteiger partial charge in [-0.1, -0.05) is 0 Å². The lowest BCUT2D eigenvalue weighted by atomic mass is 10.2. The van der Waals surface area contributed by atoms with Gasteiger partial charge in [0.25, 0.3) is 5.56 Å². The smallest absolute Gasteiger partial charge is 0.314 e. The molecule has 2 rings (SSSR count). The van der Waals surface area contributed by atoms with E-state index in [-0.39, 0.29) is 13.1 Å². The van der Waals surface area contributed by atoms with Crippen LogP contribution < -0.4 is 21.3 Å². The number of hydrogen-bond donors (Lipinski definition) is 2. The number of piperazine rings is 1. The van der Waals surface area contributed by atoms with Gasteiger partial charge in [-0.15, -0.1) is 0 Å². The molecule has 0 aromatic carbocycles. The number of sulfonamides is 1. The molecule has 0 amide bonds. The van der Waals surface area contributed by atoms with Gasteiger partial charge in [0.15, 0.2) is 4.90 Å². The highest BCUT2D eigenvalue weighted by Crippen LogP contribution is 2.25. The quantitative estimate of drug-likeness (QED) is 0.605. The maximum absolute atomic E-state index is 13.3. The van der Waals surface area contributed by atoms with Crippen LogP contribution in [0.25, 0.3) is 0 Å². The molecule has 1 fully saturated rings. The molecule has 1 saturated heterocycles. The molecule has 2 heterocycles. The van der Waals surface area contributed by atoms with Crippen molar-refractivity contribution < 1.29 is 21.6 Å². The molecule has 1 aliphatic heterocycles. The molecule has 1 aliphatic rings. The van der Waals surface area contributed by atoms with Crippen molar-refractivity contribution in [1.29, 1.82) is 0 Å². The minimum absolute atomic E-state index is 0.119. The van der Waals surface area contributed by atoms with Crippen molar-refractivity contribution in [3.63, 3.8) is 0 Å². The molecular formula is C13H20F3N5O4S. The summed E-state index contributed by atoms with van der Waals surface area (Å²) in [5.74, 6) is 0. The fourth-order valence-electron chi connectivity index (χ4n) is 2.67. The fraction of sp³-hybridized carbons (Fsp3) is 0.692. The Morgan fingerprint density at radius 2 is 1.81 bits per heavy atom. The summed E-state index contributed by atoms with van der Waals surface area (Å²) in [5, 5.41) is 2.92. The minimum Gasteiger partial charge on any atom is -0.314 e. The van der Waals surface area contributed by atoms with Gasteiger partial charge >= 0.3 is 11.9 Å². The first kappa shape index (κ1) is 20.6. The van der Waals surface area contributed by atoms with Crippen LogP contribution in [0.3, 0.4) is 0 Å². The van der Waals surface area contributed by atoms with Gasteiger partial charge in [-0.3, -0.25) is 14.3 Å². The normalized spacial score (nSPS) is 18.0. The van der Waals surface area contributed by atoms with Crippen LogP contribution in [-0.2, 0) is 24.1 Å². The number of aromatic nitrogens is 2. The highest BCUT2D eigenvalue weighted by Gasteiger charge is 2.44. The van der Waals surface area contributed by atoms with E-state index in [0.29, 0.717) is 17.7 Å². The maximum atomic E-state index is 13.3. The molecule has 0 spiro atoms. The van der Waals surface area contributed by atoms with Crippen molar-refractivity contribution in [3.05, 3.63) is 27.0 Å². The van der Waals surface area contributed by atoms with E-state index in [1.165, 1.54) is 7.05 Å². The largest absolute Gasteiger partial charge is 0.405 e. The summed E-state index contributed by atoms with van der Waals surface area (Å²) in [7, 11) is -2.21. The number of rotatable bonds is 5. The number of alkyl halides is 3. The first-order valence-corrected chi connectivity index (χ1v) is 9.21. The van der Waals surface area contributed by atoms with Crippen LogP contribution in [0.2, 0.25) is 0 Å². The first-order chi connectivity index (χ1) is 11.9. The highest BCUT2D eigenvalue weighted by atomic mass is 32.2. The van der Waals surface area contributed by atoms with Crippen LogP contribution in [0.15, 0.2) is 20.7 Å². The molecule has 0 saturated carbocycles. The molecule has 2 N–H and O–H groups in total. The Morgan fingerprint density at radius 1 is 1.23 bits per heavy atom. The molecule has 13 heteroatoms. The van der Waals surface area contributed by atoms with Crippen molar-refractivity contribution >= 4 is 10.0 Å². The van der Waals surface area contributed by atoms with Gasteiger partial charge in [-0.2, -0.15) is 13.2 Å². The van der Waals surface area contributed by atoms with E-state index in [4.69, 9.17) is 0 Å². The van der Waals surface area contributed by atoms with E-state index in [2.05, 4.69) is 5.32 Å². The monoisotopic (exact) mass is 399 g/mol. The van der Waals surface area contributed by atoms with Crippen LogP contribution in [0.5, 0.6) is 0 Å². The number of halogens is 3. The Bertz CT molecular complexity index is 871. The van der Waals surface area contributed by atoms with Crippen LogP contribution in [0.4, 0.5) is 13.2 Å². The average molecular weight is 399 g/mol. The van der Waals surface area contributed by atoms with Gasteiger partial charge in [-0.05, 0) is 0 Å². The van der Waals surface area contributed by atoms with Crippen molar-refractivity contribution in [2.45, 2.75) is 17.1 Å². The van der Waals surface area contributed by atoms with E-state index in [9.17, 15) is 31.2 Å². The molecule has 1 atom stereocenters. The van der Waals surface area contributed by atoms with Crippen molar-refractivity contribution in [1.82, 2.24) is 24.1 Å². The molecule has 1 aromatic heterocycles. The third-order valence-electron chi connectivity index (χ3n) is 4.14. The Kier molecular flexibility index (Phi) is 5.95. The summed E-state index contributed by atoms with van der Waals surface area (Å²) in [6.07, 6.45) is -3.85. The van der Waals surface area contributed by atoms with E-state index in [0.717, 1.165) is 22.7 Å². The topological polar surface area (TPSA) is 105 Å². The SMILES string of the molecule is Cn1cc(S(=O)(=O)NCC(N2CCNCC2)C(F)(F)F)c(=O)n(C)c1=O. The lowest BCUT2D eigenvalue weighted by Gasteiger charge is -2.35. The van der Waals surface area contributed by atoms with E-state index < -0.39 is 44.9 Å². The fourth-order valence-corrected chi connectivity index (χ4v) is 3.87. The zero-order chi connectivity index (χ0) is 19.7. The second-order valence-electron chi connectivity index (χ2n) is 5.95. The average Bonchev–Trinajstić information content (AvgIpc) is 2.56. The molecule has 1 unspecified atom stereocenters. The number of nitrogens with one attached hydrogen (secondary N) is 2. The van der Waals surface area contributed by atoms with Crippen molar-refractivity contribution in [3.8, 4) is 0 Å². The second-order valence-corrected chi connectivity index (χ2v) is 7.68. The van der Waals surface area contributed by atoms with Gasteiger partial charge in [-0.25, -0.2) is 17.9 Å². The van der Waals surface area contributed by atoms with Gasteiger partial charge in [0.05, 0.1) is 0 Å². The summed E-state index contributed by atoms with van der Waals surface area (Å²) in [4.78, 5) is 24.0. The number of nitrogens with zero attached hydrogens (tertiary/aromatic N) is 3. The Labute approximate surface area is 147 Å². The summed E-state index contributed by atoms with van der Waals surface area (Å²) in [6.45, 7) is 0.0280. The summed E-state index contributed by atoms with van der Waals surface area (Å²) >= 11 is 0. The summed E-state index contributed by atoms with van der Waals surface area (Å²) in [6, 6.07) is -2.02. The summed E-state index contributed by atoms with van der Waals surface area (Å²) in [5.41, 5.74) is -1.85. The molecular weight excluding hydrogens is 379 g/mol. The van der Waals surface area contributed by atoms with Crippen molar-refractivity contribution in [2.75, 3.05) is 32.7 Å². The number of hydrogen-bond acceptors (Lipinski definition) is 6. The molecule has 9 nitrogen and oxygen atoms in total. The maximum Gasteiger partial charge on any atom is 0.405 e. The predicted molar refractivity (Wildman–Crippen MR) is 86.4 cm³/mol. The van der Waals surface area contributed by atoms with Gasteiger partial charge in [0.2, 0.25) is 10.0 Å². The lowest BCUT2D eigenvalue weighted by molar-refractivity contribution is -0.182. The van der Waals surface area contributed by atoms with Crippen LogP contribution in [0, 0.1) is 0 Å². The summed E-state index contributed by atoms with van der Waals surface area (Å²) < 4.78 is 68.0. The lowest BCUT2D eigenvalue weighted by Crippen LogP contribution is -2.57. The van der Waals surface area contributed by atoms with Gasteiger partial charge in [0, 0.05) is 53.0 Å². The molecule has 148 valence electrons. The zero-order valence-corrected chi connectivity index (χ0v) is 15.0. The van der Waals surface area contributed by atoms with Crippen LogP contribution >= 0.6 is 0 Å². The molecule has 26 heavy (non-hydrogen) atoms. The minimum atomic E-state index is -4.64. The van der Waals surface area contributed by atoms with Crippen molar-refractivity contribution in [2.24, 2.45) is 14.1 Å². The van der Waals surface area contributed by atoms with Crippen LogP contribution in [0.1, 0.15) is 0 Å². The molecule has 1 aromatic rings. The van der Waals surface area contributed by atoms with Gasteiger partial charge < -0.3 is 9.88 Å². The highest BCUT2D eigenvalue weighted by molar-refractivity contribution is 7.89. The Balaban J connectivity index is 2.28. The van der Waals surface area contributed by atoms with E-state index >= 15 is 0 Å². The second kappa shape index (κ2) is 7.50. The van der Waals surface area contributed by atoms with Crippen LogP contribution in [-0.4, -0.2) is 67.4 Å². The first-order valence-electron chi connectivity index (χ1n) is 7.73. The molecule has 0 bridgehead atoms. The Hall–Kier alpha value is -1.70. The third-order valence-corrected chi connectivity index (χ3v) is 5.55. The predicted octanol–water partition coefficient (Wildman–Crippen LogP) is -1.80. The standard InChI is InChI=1S/C13H20F3N5O4S/c1-19-8-9(11(22)20(2)12(19)23)26(24,25)18-7-10(13(14,15)16)21-5-3-17-4-6-21/h8,10,17-18H,3-7H2,1-2H3. The molecule has 0 aliphatic carbocycles. The Morgan fingerprint density at radius 3 is 2.35 bits per heavy atom. The van der Waals surface area contributed by atoms with E-state index in [1.54, 1.807) is 0 Å². The zero-order valence-electron chi connectivity index (χ0n) is 14.2. The van der Waals surface area contributed by atoms with Gasteiger partial charge in [0.1, 0.15) is 6.04 Å².